The molecule has 1 fully saturated rings. The molecule has 3 aromatic heterocycles. The number of hydrogen-bond acceptors (Lipinski definition) is 6. The van der Waals surface area contributed by atoms with Crippen molar-refractivity contribution in [2.45, 2.75) is 45.3 Å². The number of pyridine rings is 1. The van der Waals surface area contributed by atoms with Crippen LogP contribution in [0.3, 0.4) is 0 Å². The molecule has 2 unspecified atom stereocenters. The Labute approximate surface area is 181 Å². The average Bonchev–Trinajstić information content (AvgIpc) is 3.28. The molecule has 5 rings (SSSR count). The molecule has 0 saturated heterocycles. The Morgan fingerprint density at radius 2 is 1.97 bits per heavy atom. The van der Waals surface area contributed by atoms with E-state index in [4.69, 9.17) is 11.5 Å². The summed E-state index contributed by atoms with van der Waals surface area (Å²) in [6, 6.07) is 10.4. The number of aliphatic hydroxyl groups is 1. The number of fused-ring (bicyclic) bond motifs is 2. The van der Waals surface area contributed by atoms with Crippen molar-refractivity contribution in [1.29, 1.82) is 0 Å². The Hall–Kier alpha value is -3.19. The molecule has 160 valence electrons. The second kappa shape index (κ2) is 7.50. The lowest BCUT2D eigenvalue weighted by molar-refractivity contribution is 0.127. The van der Waals surface area contributed by atoms with Crippen LogP contribution in [-0.2, 0) is 6.42 Å². The number of hydrogen-bond donors (Lipinski definition) is 3. The lowest BCUT2D eigenvalue weighted by Gasteiger charge is -2.24. The van der Waals surface area contributed by atoms with Crippen LogP contribution < -0.4 is 11.5 Å². The first-order valence-electron chi connectivity index (χ1n) is 10.8. The summed E-state index contributed by atoms with van der Waals surface area (Å²) >= 11 is 0. The SMILES string of the molecule is Cc1cc2ccc(CCC3C[C@@H](O)C(n4ccc5c(N)ncnc54)[C@H]3C)cc2nc1N. The van der Waals surface area contributed by atoms with Gasteiger partial charge < -0.3 is 21.1 Å². The zero-order valence-electron chi connectivity index (χ0n) is 17.9. The zero-order valence-corrected chi connectivity index (χ0v) is 17.9. The molecule has 0 aliphatic heterocycles. The van der Waals surface area contributed by atoms with E-state index in [9.17, 15) is 5.11 Å². The Balaban J connectivity index is 1.34. The van der Waals surface area contributed by atoms with Gasteiger partial charge in [-0.2, -0.15) is 0 Å². The first kappa shape index (κ1) is 19.8. The standard InChI is InChI=1S/C24H28N6O/c1-13-9-17-6-4-15(10-19(17)29-22(13)25)3-5-16-11-20(31)21(14(16)2)30-8-7-18-23(26)27-12-28-24(18)30/h4,6-10,12,14,16,20-21,31H,3,5,11H2,1-2H3,(H2,25,29)(H2,26,27,28)/t14-,16?,20+,21?/m0/s1. The molecular formula is C24H28N6O. The summed E-state index contributed by atoms with van der Waals surface area (Å²) in [6.07, 6.45) is 5.79. The van der Waals surface area contributed by atoms with Crippen molar-refractivity contribution in [2.24, 2.45) is 11.8 Å². The number of rotatable bonds is 4. The Bertz CT molecular complexity index is 1270. The van der Waals surface area contributed by atoms with Crippen LogP contribution in [0.4, 0.5) is 11.6 Å². The van der Waals surface area contributed by atoms with E-state index in [0.717, 1.165) is 46.8 Å². The van der Waals surface area contributed by atoms with E-state index < -0.39 is 6.10 Å². The number of nitrogen functional groups attached to an aromatic ring is 2. The Morgan fingerprint density at radius 1 is 1.13 bits per heavy atom. The maximum atomic E-state index is 10.9. The maximum absolute atomic E-state index is 10.9. The minimum atomic E-state index is -0.409. The molecule has 4 aromatic rings. The summed E-state index contributed by atoms with van der Waals surface area (Å²) in [5.41, 5.74) is 16.0. The minimum Gasteiger partial charge on any atom is -0.391 e. The van der Waals surface area contributed by atoms with Gasteiger partial charge in [-0.05, 0) is 67.3 Å². The number of nitrogens with zero attached hydrogens (tertiary/aromatic N) is 4. The summed E-state index contributed by atoms with van der Waals surface area (Å²) in [5, 5.41) is 12.9. The van der Waals surface area contributed by atoms with Gasteiger partial charge in [0, 0.05) is 11.6 Å². The van der Waals surface area contributed by atoms with Gasteiger partial charge in [-0.15, -0.1) is 0 Å². The third-order valence-electron chi connectivity index (χ3n) is 7.00. The molecule has 1 saturated carbocycles. The summed E-state index contributed by atoms with van der Waals surface area (Å²) in [4.78, 5) is 13.0. The van der Waals surface area contributed by atoms with Crippen molar-refractivity contribution in [1.82, 2.24) is 19.5 Å². The quantitative estimate of drug-likeness (QED) is 0.468. The molecule has 0 bridgehead atoms. The van der Waals surface area contributed by atoms with E-state index in [-0.39, 0.29) is 6.04 Å². The van der Waals surface area contributed by atoms with Gasteiger partial charge in [-0.1, -0.05) is 19.1 Å². The summed E-state index contributed by atoms with van der Waals surface area (Å²) in [6.45, 7) is 4.21. The third-order valence-corrected chi connectivity index (χ3v) is 7.00. The molecule has 0 amide bonds. The van der Waals surface area contributed by atoms with Crippen molar-refractivity contribution in [3.8, 4) is 0 Å². The largest absolute Gasteiger partial charge is 0.391 e. The van der Waals surface area contributed by atoms with E-state index in [1.807, 2.05) is 19.2 Å². The zero-order chi connectivity index (χ0) is 21.7. The van der Waals surface area contributed by atoms with Crippen molar-refractivity contribution in [3.63, 3.8) is 0 Å². The highest BCUT2D eigenvalue weighted by Crippen LogP contribution is 2.44. The molecule has 0 spiro atoms. The fourth-order valence-electron chi connectivity index (χ4n) is 5.18. The molecule has 5 N–H and O–H groups in total. The van der Waals surface area contributed by atoms with Gasteiger partial charge in [-0.3, -0.25) is 0 Å². The van der Waals surface area contributed by atoms with E-state index in [0.29, 0.717) is 23.5 Å². The van der Waals surface area contributed by atoms with Gasteiger partial charge >= 0.3 is 0 Å². The monoisotopic (exact) mass is 416 g/mol. The summed E-state index contributed by atoms with van der Waals surface area (Å²) < 4.78 is 2.08. The molecule has 7 heteroatoms. The molecule has 31 heavy (non-hydrogen) atoms. The first-order valence-corrected chi connectivity index (χ1v) is 10.8. The fraction of sp³-hybridized carbons (Fsp3) is 0.375. The van der Waals surface area contributed by atoms with Crippen LogP contribution in [0.25, 0.3) is 21.9 Å². The number of aromatic nitrogens is 4. The summed E-state index contributed by atoms with van der Waals surface area (Å²) in [5.74, 6) is 1.80. The fourth-order valence-corrected chi connectivity index (χ4v) is 5.18. The second-order valence-corrected chi connectivity index (χ2v) is 8.89. The van der Waals surface area contributed by atoms with Crippen LogP contribution in [0.2, 0.25) is 0 Å². The van der Waals surface area contributed by atoms with Crippen molar-refractivity contribution in [3.05, 3.63) is 54.0 Å². The van der Waals surface area contributed by atoms with Crippen LogP contribution in [-0.4, -0.2) is 30.7 Å². The Kier molecular flexibility index (Phi) is 4.78. The van der Waals surface area contributed by atoms with E-state index in [1.54, 1.807) is 0 Å². The maximum Gasteiger partial charge on any atom is 0.145 e. The molecule has 0 radical (unpaired) electrons. The van der Waals surface area contributed by atoms with Crippen LogP contribution >= 0.6 is 0 Å². The number of benzene rings is 1. The lowest BCUT2D eigenvalue weighted by Crippen LogP contribution is -2.22. The predicted octanol–water partition coefficient (Wildman–Crippen LogP) is 3.64. The molecular weight excluding hydrogens is 388 g/mol. The van der Waals surface area contributed by atoms with Gasteiger partial charge in [0.1, 0.15) is 23.6 Å². The van der Waals surface area contributed by atoms with Crippen molar-refractivity contribution in [2.75, 3.05) is 11.5 Å². The number of aryl methyl sites for hydroxylation is 2. The summed E-state index contributed by atoms with van der Waals surface area (Å²) in [7, 11) is 0. The van der Waals surface area contributed by atoms with Crippen LogP contribution in [0.15, 0.2) is 42.9 Å². The topological polar surface area (TPSA) is 116 Å². The number of aliphatic hydroxyl groups excluding tert-OH is 1. The highest BCUT2D eigenvalue weighted by molar-refractivity contribution is 5.86. The minimum absolute atomic E-state index is 0.0159. The average molecular weight is 417 g/mol. The van der Waals surface area contributed by atoms with Crippen molar-refractivity contribution < 1.29 is 5.11 Å². The smallest absolute Gasteiger partial charge is 0.145 e. The molecule has 7 nitrogen and oxygen atoms in total. The molecule has 4 atom stereocenters. The van der Waals surface area contributed by atoms with E-state index in [1.165, 1.54) is 11.9 Å². The van der Waals surface area contributed by atoms with Crippen molar-refractivity contribution >= 4 is 33.6 Å². The molecule has 1 aromatic carbocycles. The second-order valence-electron chi connectivity index (χ2n) is 8.89. The highest BCUT2D eigenvalue weighted by Gasteiger charge is 2.41. The Morgan fingerprint density at radius 3 is 2.81 bits per heavy atom. The normalized spacial score (nSPS) is 23.7. The van der Waals surface area contributed by atoms with Crippen LogP contribution in [0.1, 0.15) is 36.9 Å². The molecule has 3 heterocycles. The van der Waals surface area contributed by atoms with Gasteiger partial charge in [0.05, 0.1) is 23.0 Å². The third kappa shape index (κ3) is 3.39. The van der Waals surface area contributed by atoms with Gasteiger partial charge in [0.2, 0.25) is 0 Å². The number of nitrogens with two attached hydrogens (primary N) is 2. The highest BCUT2D eigenvalue weighted by atomic mass is 16.3. The molecule has 1 aliphatic rings. The van der Waals surface area contributed by atoms with Gasteiger partial charge in [-0.25, -0.2) is 15.0 Å². The van der Waals surface area contributed by atoms with Gasteiger partial charge in [0.15, 0.2) is 0 Å². The van der Waals surface area contributed by atoms with Crippen LogP contribution in [0, 0.1) is 18.8 Å². The van der Waals surface area contributed by atoms with E-state index in [2.05, 4.69) is 50.7 Å². The number of anilines is 2. The predicted molar refractivity (Wildman–Crippen MR) is 123 cm³/mol. The van der Waals surface area contributed by atoms with E-state index >= 15 is 0 Å². The van der Waals surface area contributed by atoms with Crippen LogP contribution in [0.5, 0.6) is 0 Å². The first-order chi connectivity index (χ1) is 14.9. The van der Waals surface area contributed by atoms with Gasteiger partial charge in [0.25, 0.3) is 0 Å². The molecule has 1 aliphatic carbocycles. The lowest BCUT2D eigenvalue weighted by atomic mass is 9.89.